The van der Waals surface area contributed by atoms with Crippen LogP contribution in [0.1, 0.15) is 71.1 Å². The quantitative estimate of drug-likeness (QED) is 0.318. The van der Waals surface area contributed by atoms with E-state index in [1.165, 1.54) is 17.7 Å². The molecule has 2 fully saturated rings. The monoisotopic (exact) mass is 438 g/mol. The molecule has 4 atom stereocenters. The summed E-state index contributed by atoms with van der Waals surface area (Å²) in [5.74, 6) is 0.277. The van der Waals surface area contributed by atoms with Crippen LogP contribution in [0.15, 0.2) is 12.2 Å². The van der Waals surface area contributed by atoms with Crippen LogP contribution in [0, 0.1) is 11.8 Å². The number of aliphatic carboxylic acids is 1. The van der Waals surface area contributed by atoms with Gasteiger partial charge in [-0.25, -0.2) is 0 Å². The summed E-state index contributed by atoms with van der Waals surface area (Å²) in [7, 11) is 1.71. The number of carbonyl (C=O) groups excluding carboxylic acids is 2. The predicted molar refractivity (Wildman–Crippen MR) is 121 cm³/mol. The first-order valence-electron chi connectivity index (χ1n) is 11.4. The second-order valence-corrected chi connectivity index (χ2v) is 10.1. The Kier molecular flexibility index (Phi) is 10.8. The van der Waals surface area contributed by atoms with Gasteiger partial charge in [-0.1, -0.05) is 31.9 Å². The Bertz CT molecular complexity index is 610. The molecular formula is C23H38N2O4S. The lowest BCUT2D eigenvalue weighted by molar-refractivity contribution is -0.137. The van der Waals surface area contributed by atoms with Crippen LogP contribution in [0.4, 0.5) is 0 Å². The average molecular weight is 439 g/mol. The Morgan fingerprint density at radius 1 is 1.07 bits per heavy atom. The second kappa shape index (κ2) is 13.0. The van der Waals surface area contributed by atoms with Crippen LogP contribution in [-0.4, -0.2) is 58.4 Å². The van der Waals surface area contributed by atoms with Gasteiger partial charge in [0.1, 0.15) is 0 Å². The zero-order valence-electron chi connectivity index (χ0n) is 18.5. The number of likely N-dealkylation sites (N-methyl/N-ethyl adjacent to an activating group) is 1. The molecule has 2 aliphatic rings. The number of amides is 2. The number of rotatable bonds is 14. The summed E-state index contributed by atoms with van der Waals surface area (Å²) in [5, 5.41) is 13.1. The highest BCUT2D eigenvalue weighted by atomic mass is 32.2. The standard InChI is InChI=1S/C23H38N2O4S/c1-3-4-7-11-22(27)25(2)16-21(26)24-15-18-17(19-13-14-20(18)30-19)10-8-5-6-9-12-23(28)29/h5,8,17-20H,3-4,6-7,9-16H2,1-2H3,(H,24,26)(H,28,29)/t17-,18+,19-,20+/m1/s1. The molecule has 0 aromatic rings. The smallest absolute Gasteiger partial charge is 0.303 e. The van der Waals surface area contributed by atoms with Crippen molar-refractivity contribution in [2.45, 2.75) is 81.6 Å². The van der Waals surface area contributed by atoms with Gasteiger partial charge < -0.3 is 15.3 Å². The fourth-order valence-corrected chi connectivity index (χ4v) is 6.54. The third-order valence-electron chi connectivity index (χ3n) is 6.26. The van der Waals surface area contributed by atoms with E-state index in [0.29, 0.717) is 41.7 Å². The third-order valence-corrected chi connectivity index (χ3v) is 8.13. The van der Waals surface area contributed by atoms with Crippen LogP contribution < -0.4 is 5.32 Å². The van der Waals surface area contributed by atoms with Crippen LogP contribution >= 0.6 is 11.8 Å². The number of carbonyl (C=O) groups is 3. The number of thioether (sulfide) groups is 1. The van der Waals surface area contributed by atoms with Crippen molar-refractivity contribution in [1.82, 2.24) is 10.2 Å². The zero-order valence-corrected chi connectivity index (χ0v) is 19.3. The molecule has 2 bridgehead atoms. The van der Waals surface area contributed by atoms with E-state index in [9.17, 15) is 14.4 Å². The summed E-state index contributed by atoms with van der Waals surface area (Å²) in [6, 6.07) is 0. The summed E-state index contributed by atoms with van der Waals surface area (Å²) in [5.41, 5.74) is 0. The molecule has 6 nitrogen and oxygen atoms in total. The van der Waals surface area contributed by atoms with Crippen molar-refractivity contribution in [1.29, 1.82) is 0 Å². The highest BCUT2D eigenvalue weighted by molar-refractivity contribution is 8.01. The molecular weight excluding hydrogens is 400 g/mol. The van der Waals surface area contributed by atoms with Crippen molar-refractivity contribution in [2.24, 2.45) is 11.8 Å². The number of nitrogens with one attached hydrogen (secondary N) is 1. The largest absolute Gasteiger partial charge is 0.481 e. The number of hydrogen-bond donors (Lipinski definition) is 2. The Labute approximate surface area is 185 Å². The molecule has 0 unspecified atom stereocenters. The van der Waals surface area contributed by atoms with Crippen molar-refractivity contribution in [3.8, 4) is 0 Å². The number of unbranched alkanes of at least 4 members (excludes halogenated alkanes) is 3. The molecule has 0 saturated carbocycles. The van der Waals surface area contributed by atoms with Gasteiger partial charge in [0, 0.05) is 36.9 Å². The number of carboxylic acid groups (broad SMARTS) is 1. The number of fused-ring (bicyclic) bond motifs is 2. The molecule has 30 heavy (non-hydrogen) atoms. The highest BCUT2D eigenvalue weighted by Gasteiger charge is 2.47. The minimum absolute atomic E-state index is 0.0417. The van der Waals surface area contributed by atoms with Crippen LogP contribution in [0.25, 0.3) is 0 Å². The lowest BCUT2D eigenvalue weighted by Crippen LogP contribution is -2.42. The van der Waals surface area contributed by atoms with Gasteiger partial charge in [0.25, 0.3) is 0 Å². The van der Waals surface area contributed by atoms with Gasteiger partial charge in [0.05, 0.1) is 6.54 Å². The molecule has 0 radical (unpaired) electrons. The number of hydrogen-bond acceptors (Lipinski definition) is 4. The first kappa shape index (κ1) is 24.8. The van der Waals surface area contributed by atoms with Crippen molar-refractivity contribution >= 4 is 29.5 Å². The number of nitrogens with zero attached hydrogens (tertiary/aromatic N) is 1. The Balaban J connectivity index is 1.73. The lowest BCUT2D eigenvalue weighted by atomic mass is 9.77. The van der Waals surface area contributed by atoms with Crippen molar-refractivity contribution < 1.29 is 19.5 Å². The SMILES string of the molecule is CCCCCC(=O)N(C)CC(=O)NC[C@H]1[C@@H](CC=CCCCC(=O)O)[C@H]2CC[C@@H]1S2. The Morgan fingerprint density at radius 2 is 1.80 bits per heavy atom. The molecule has 2 amide bonds. The molecule has 0 aromatic heterocycles. The second-order valence-electron chi connectivity index (χ2n) is 8.62. The van der Waals surface area contributed by atoms with Gasteiger partial charge in [-0.2, -0.15) is 11.8 Å². The van der Waals surface area contributed by atoms with E-state index in [1.807, 2.05) is 0 Å². The molecule has 2 N–H and O–H groups in total. The van der Waals surface area contributed by atoms with Gasteiger partial charge in [-0.05, 0) is 50.4 Å². The van der Waals surface area contributed by atoms with Gasteiger partial charge in [-0.3, -0.25) is 14.4 Å². The van der Waals surface area contributed by atoms with E-state index >= 15 is 0 Å². The summed E-state index contributed by atoms with van der Waals surface area (Å²) in [4.78, 5) is 36.6. The Hall–Kier alpha value is -1.50. The van der Waals surface area contributed by atoms with Crippen LogP contribution in [0.3, 0.4) is 0 Å². The summed E-state index contributed by atoms with van der Waals surface area (Å²) in [6.45, 7) is 2.92. The summed E-state index contributed by atoms with van der Waals surface area (Å²) in [6.07, 6.45) is 13.0. The summed E-state index contributed by atoms with van der Waals surface area (Å²) >= 11 is 2.07. The van der Waals surface area contributed by atoms with E-state index < -0.39 is 5.97 Å². The molecule has 0 aromatic carbocycles. The Morgan fingerprint density at radius 3 is 2.50 bits per heavy atom. The van der Waals surface area contributed by atoms with E-state index in [4.69, 9.17) is 5.11 Å². The highest BCUT2D eigenvalue weighted by Crippen LogP contribution is 2.54. The fraction of sp³-hybridized carbons (Fsp3) is 0.783. The molecule has 7 heteroatoms. The summed E-state index contributed by atoms with van der Waals surface area (Å²) < 4.78 is 0. The molecule has 2 saturated heterocycles. The van der Waals surface area contributed by atoms with Gasteiger partial charge in [-0.15, -0.1) is 0 Å². The lowest BCUT2D eigenvalue weighted by Gasteiger charge is -2.29. The number of carboxylic acids is 1. The maximum Gasteiger partial charge on any atom is 0.303 e. The minimum atomic E-state index is -0.739. The first-order valence-corrected chi connectivity index (χ1v) is 12.4. The van der Waals surface area contributed by atoms with Gasteiger partial charge in [0.15, 0.2) is 0 Å². The number of allylic oxidation sites excluding steroid dienone is 2. The van der Waals surface area contributed by atoms with Crippen LogP contribution in [-0.2, 0) is 14.4 Å². The maximum atomic E-state index is 12.4. The molecule has 2 heterocycles. The molecule has 2 rings (SSSR count). The predicted octanol–water partition coefficient (Wildman–Crippen LogP) is 3.85. The topological polar surface area (TPSA) is 86.7 Å². The van der Waals surface area contributed by atoms with Crippen molar-refractivity contribution in [2.75, 3.05) is 20.1 Å². The van der Waals surface area contributed by atoms with Crippen LogP contribution in [0.5, 0.6) is 0 Å². The van der Waals surface area contributed by atoms with E-state index in [-0.39, 0.29) is 24.8 Å². The molecule has 0 spiro atoms. The first-order chi connectivity index (χ1) is 14.4. The maximum absolute atomic E-state index is 12.4. The third kappa shape index (κ3) is 7.97. The molecule has 2 aliphatic heterocycles. The van der Waals surface area contributed by atoms with Crippen molar-refractivity contribution in [3.63, 3.8) is 0 Å². The van der Waals surface area contributed by atoms with Crippen molar-refractivity contribution in [3.05, 3.63) is 12.2 Å². The van der Waals surface area contributed by atoms with Gasteiger partial charge >= 0.3 is 5.97 Å². The zero-order chi connectivity index (χ0) is 21.9. The minimum Gasteiger partial charge on any atom is -0.481 e. The van der Waals surface area contributed by atoms with E-state index in [2.05, 4.69) is 36.2 Å². The van der Waals surface area contributed by atoms with Crippen LogP contribution in [0.2, 0.25) is 0 Å². The average Bonchev–Trinajstić information content (AvgIpc) is 3.30. The van der Waals surface area contributed by atoms with E-state index in [1.54, 1.807) is 7.05 Å². The normalized spacial score (nSPS) is 25.0. The van der Waals surface area contributed by atoms with Gasteiger partial charge in [0.2, 0.25) is 11.8 Å². The van der Waals surface area contributed by atoms with E-state index in [0.717, 1.165) is 32.1 Å². The fourth-order valence-electron chi connectivity index (χ4n) is 4.53. The molecule has 170 valence electrons. The molecule has 0 aliphatic carbocycles.